The number of aliphatic hydroxyl groups excluding tert-OH is 1. The minimum Gasteiger partial charge on any atom is -0.491 e. The molecule has 0 radical (unpaired) electrons. The molecule has 1 aromatic heterocycles. The maximum absolute atomic E-state index is 10.0. The van der Waals surface area contributed by atoms with Gasteiger partial charge in [-0.05, 0) is 42.2 Å². The Labute approximate surface area is 217 Å². The number of aliphatic imine (C=N–C) groups is 1. The number of aromatic nitrogens is 1. The number of hydrogen-bond acceptors (Lipinski definition) is 9. The predicted molar refractivity (Wildman–Crippen MR) is 142 cm³/mol. The second kappa shape index (κ2) is 11.7. The third-order valence-corrected chi connectivity index (χ3v) is 8.04. The Balaban J connectivity index is 1.58. The topological polar surface area (TPSA) is 128 Å². The summed E-state index contributed by atoms with van der Waals surface area (Å²) < 4.78 is 5.41. The van der Waals surface area contributed by atoms with Crippen molar-refractivity contribution in [1.29, 1.82) is 10.5 Å². The average molecular weight is 524 g/mol. The van der Waals surface area contributed by atoms with Crippen LogP contribution in [0.2, 0.25) is 0 Å². The Morgan fingerprint density at radius 3 is 2.60 bits per heavy atom. The molecule has 0 bridgehead atoms. The molecule has 0 spiro atoms. The van der Waals surface area contributed by atoms with Gasteiger partial charge in [-0.25, -0.2) is 4.98 Å². The monoisotopic (exact) mass is 523 g/mol. The van der Waals surface area contributed by atoms with Gasteiger partial charge in [0, 0.05) is 22.1 Å². The van der Waals surface area contributed by atoms with Crippen molar-refractivity contribution in [2.75, 3.05) is 30.5 Å². The maximum Gasteiger partial charge on any atom is 0.143 e. The van der Waals surface area contributed by atoms with Crippen molar-refractivity contribution in [3.05, 3.63) is 58.1 Å². The maximum atomic E-state index is 10.0. The lowest BCUT2D eigenvalue weighted by atomic mass is 9.97. The van der Waals surface area contributed by atoms with Crippen LogP contribution in [0.3, 0.4) is 0 Å². The molecule has 0 amide bonds. The van der Waals surface area contributed by atoms with Gasteiger partial charge in [0.1, 0.15) is 40.9 Å². The summed E-state index contributed by atoms with van der Waals surface area (Å²) in [5.74, 6) is 2.16. The molecular weight excluding hydrogens is 502 g/mol. The number of ether oxygens (including phenoxy) is 1. The number of pyridine rings is 1. The standard InChI is InChI=1S/C25H22ClN5O2S2/c26-17-5-1-16(2-6-17)24-30-18(13-34-24)14-35-25-21(12-28)22(20(11-27)23(29)31-25)15-3-7-19(8-4-15)33-10-9-32/h1,3-5,7-8,18,32H,2,6,9-10,13-14H2,(H2,29,31). The Hall–Kier alpha value is -2.95. The van der Waals surface area contributed by atoms with E-state index < -0.39 is 0 Å². The third-order valence-electron chi connectivity index (χ3n) is 5.42. The molecule has 1 aromatic carbocycles. The van der Waals surface area contributed by atoms with Crippen molar-refractivity contribution < 1.29 is 9.84 Å². The summed E-state index contributed by atoms with van der Waals surface area (Å²) in [5, 5.41) is 31.1. The Kier molecular flexibility index (Phi) is 8.37. The predicted octanol–water partition coefficient (Wildman–Crippen LogP) is 4.89. The van der Waals surface area contributed by atoms with Crippen LogP contribution >= 0.6 is 35.1 Å². The van der Waals surface area contributed by atoms with Gasteiger partial charge < -0.3 is 15.6 Å². The highest BCUT2D eigenvalue weighted by Crippen LogP contribution is 2.38. The van der Waals surface area contributed by atoms with Gasteiger partial charge in [0.2, 0.25) is 0 Å². The van der Waals surface area contributed by atoms with E-state index in [1.807, 2.05) is 12.2 Å². The van der Waals surface area contributed by atoms with Gasteiger partial charge in [-0.1, -0.05) is 29.8 Å². The van der Waals surface area contributed by atoms with E-state index in [9.17, 15) is 10.5 Å². The molecule has 2 aromatic rings. The molecule has 2 heterocycles. The van der Waals surface area contributed by atoms with Crippen LogP contribution in [0.15, 0.2) is 57.0 Å². The Bertz CT molecular complexity index is 1290. The molecule has 2 aliphatic rings. The molecule has 35 heavy (non-hydrogen) atoms. The number of anilines is 1. The van der Waals surface area contributed by atoms with Crippen LogP contribution < -0.4 is 10.5 Å². The smallest absolute Gasteiger partial charge is 0.143 e. The summed E-state index contributed by atoms with van der Waals surface area (Å²) in [6.45, 7) is 0.0923. The largest absolute Gasteiger partial charge is 0.491 e. The van der Waals surface area contributed by atoms with E-state index in [0.29, 0.717) is 33.2 Å². The first kappa shape index (κ1) is 25.2. The van der Waals surface area contributed by atoms with Crippen molar-refractivity contribution in [2.24, 2.45) is 4.99 Å². The first-order valence-corrected chi connectivity index (χ1v) is 13.3. The molecule has 7 nitrogen and oxygen atoms in total. The zero-order chi connectivity index (χ0) is 24.8. The van der Waals surface area contributed by atoms with Crippen LogP contribution in [0.1, 0.15) is 24.0 Å². The molecule has 0 saturated carbocycles. The summed E-state index contributed by atoms with van der Waals surface area (Å²) in [7, 11) is 0. The van der Waals surface area contributed by atoms with Gasteiger partial charge in [-0.2, -0.15) is 10.5 Å². The lowest BCUT2D eigenvalue weighted by Crippen LogP contribution is -2.09. The van der Waals surface area contributed by atoms with E-state index in [4.69, 9.17) is 32.2 Å². The fourth-order valence-electron chi connectivity index (χ4n) is 3.71. The molecule has 1 aliphatic heterocycles. The first-order valence-electron chi connectivity index (χ1n) is 10.9. The van der Waals surface area contributed by atoms with Gasteiger partial charge in [-0.15, -0.1) is 23.5 Å². The molecular formula is C25H22ClN5O2S2. The van der Waals surface area contributed by atoms with Crippen LogP contribution in [0.5, 0.6) is 5.75 Å². The molecule has 1 atom stereocenters. The van der Waals surface area contributed by atoms with E-state index in [2.05, 4.69) is 17.1 Å². The molecule has 0 fully saturated rings. The highest BCUT2D eigenvalue weighted by Gasteiger charge is 2.25. The van der Waals surface area contributed by atoms with Gasteiger partial charge in [0.25, 0.3) is 0 Å². The van der Waals surface area contributed by atoms with Crippen LogP contribution in [0, 0.1) is 22.7 Å². The van der Waals surface area contributed by atoms with Crippen molar-refractivity contribution >= 4 is 46.0 Å². The summed E-state index contributed by atoms with van der Waals surface area (Å²) in [5.41, 5.74) is 8.95. The fourth-order valence-corrected chi connectivity index (χ4v) is 6.14. The lowest BCUT2D eigenvalue weighted by molar-refractivity contribution is 0.201. The SMILES string of the molecule is N#Cc1c(N)nc(SCC2CSC(C3=CC=C(Cl)CC3)=N2)c(C#N)c1-c1ccc(OCCO)cc1. The quantitative estimate of drug-likeness (QED) is 0.468. The van der Waals surface area contributed by atoms with Crippen LogP contribution in [0.4, 0.5) is 5.82 Å². The zero-order valence-electron chi connectivity index (χ0n) is 18.7. The molecule has 1 aliphatic carbocycles. The second-order valence-electron chi connectivity index (χ2n) is 7.76. The van der Waals surface area contributed by atoms with Gasteiger partial charge in [0.05, 0.1) is 23.3 Å². The van der Waals surface area contributed by atoms with Gasteiger partial charge in [0.15, 0.2) is 0 Å². The fraction of sp³-hybridized carbons (Fsp3) is 0.280. The van der Waals surface area contributed by atoms with Crippen molar-refractivity contribution in [3.63, 3.8) is 0 Å². The van der Waals surface area contributed by atoms with Crippen molar-refractivity contribution in [3.8, 4) is 29.0 Å². The van der Waals surface area contributed by atoms with Gasteiger partial charge >= 0.3 is 0 Å². The molecule has 0 saturated heterocycles. The van der Waals surface area contributed by atoms with Crippen LogP contribution in [-0.4, -0.2) is 45.9 Å². The number of nitrogens with two attached hydrogens (primary N) is 1. The number of nitriles is 2. The van der Waals surface area contributed by atoms with E-state index in [1.54, 1.807) is 36.0 Å². The third kappa shape index (κ3) is 5.83. The highest BCUT2D eigenvalue weighted by atomic mass is 35.5. The lowest BCUT2D eigenvalue weighted by Gasteiger charge is -2.14. The molecule has 178 valence electrons. The number of thioether (sulfide) groups is 2. The molecule has 4 rings (SSSR count). The molecule has 3 N–H and O–H groups in total. The summed E-state index contributed by atoms with van der Waals surface area (Å²) in [6, 6.07) is 11.4. The number of aliphatic hydroxyl groups is 1. The average Bonchev–Trinajstić information content (AvgIpc) is 3.35. The minimum atomic E-state index is -0.0889. The van der Waals surface area contributed by atoms with E-state index in [0.717, 1.165) is 28.7 Å². The van der Waals surface area contributed by atoms with Crippen molar-refractivity contribution in [2.45, 2.75) is 23.9 Å². The number of halogens is 1. The highest BCUT2D eigenvalue weighted by molar-refractivity contribution is 8.14. The first-order chi connectivity index (χ1) is 17.0. The molecule has 10 heteroatoms. The zero-order valence-corrected chi connectivity index (χ0v) is 21.1. The van der Waals surface area contributed by atoms with Crippen molar-refractivity contribution in [1.82, 2.24) is 4.98 Å². The Morgan fingerprint density at radius 2 is 1.94 bits per heavy atom. The number of nitrogens with zero attached hydrogens (tertiary/aromatic N) is 4. The Morgan fingerprint density at radius 1 is 1.17 bits per heavy atom. The van der Waals surface area contributed by atoms with Crippen LogP contribution in [-0.2, 0) is 0 Å². The van der Waals surface area contributed by atoms with E-state index in [-0.39, 0.29) is 30.6 Å². The van der Waals surface area contributed by atoms with Crippen LogP contribution in [0.25, 0.3) is 11.1 Å². The number of allylic oxidation sites excluding steroid dienone is 3. The summed E-state index contributed by atoms with van der Waals surface area (Å²) in [4.78, 5) is 9.26. The minimum absolute atomic E-state index is 0.0823. The number of rotatable bonds is 8. The van der Waals surface area contributed by atoms with E-state index >= 15 is 0 Å². The summed E-state index contributed by atoms with van der Waals surface area (Å²) in [6.07, 6.45) is 5.70. The number of nitrogen functional groups attached to an aromatic ring is 1. The normalized spacial score (nSPS) is 17.1. The number of hydrogen-bond donors (Lipinski definition) is 2. The summed E-state index contributed by atoms with van der Waals surface area (Å²) >= 11 is 9.23. The molecule has 1 unspecified atom stereocenters. The second-order valence-corrected chi connectivity index (χ2v) is 10.3. The number of benzene rings is 1. The van der Waals surface area contributed by atoms with E-state index in [1.165, 1.54) is 17.3 Å². The van der Waals surface area contributed by atoms with Gasteiger partial charge in [-0.3, -0.25) is 4.99 Å².